The molecule has 1 fully saturated rings. The molecule has 4 rings (SSSR count). The van der Waals surface area contributed by atoms with Crippen LogP contribution in [0.3, 0.4) is 0 Å². The summed E-state index contributed by atoms with van der Waals surface area (Å²) in [5, 5.41) is 11.8. The van der Waals surface area contributed by atoms with E-state index in [1.54, 1.807) is 15.8 Å². The van der Waals surface area contributed by atoms with Crippen LogP contribution in [0, 0.1) is 11.8 Å². The number of aryl methyl sites for hydroxylation is 2. The molecule has 1 saturated carbocycles. The summed E-state index contributed by atoms with van der Waals surface area (Å²) in [6.45, 7) is 0. The lowest BCUT2D eigenvalue weighted by Crippen LogP contribution is -2.31. The second-order valence-electron chi connectivity index (χ2n) is 6.49. The Morgan fingerprint density at radius 1 is 1.38 bits per heavy atom. The fourth-order valence-corrected chi connectivity index (χ4v) is 4.31. The normalized spacial score (nSPS) is 27.8. The lowest BCUT2D eigenvalue weighted by molar-refractivity contribution is 0.459. The third-order valence-electron chi connectivity index (χ3n) is 5.31. The van der Waals surface area contributed by atoms with E-state index in [9.17, 15) is 0 Å². The second-order valence-corrected chi connectivity index (χ2v) is 6.49. The van der Waals surface area contributed by atoms with Crippen molar-refractivity contribution < 1.29 is 0 Å². The van der Waals surface area contributed by atoms with Gasteiger partial charge in [-0.05, 0) is 48.8 Å². The molecule has 2 aromatic rings. The highest BCUT2D eigenvalue weighted by atomic mass is 15.4. The number of benzene rings is 1. The predicted octanol–water partition coefficient (Wildman–Crippen LogP) is 1.92. The van der Waals surface area contributed by atoms with E-state index in [2.05, 4.69) is 46.9 Å². The number of rotatable bonds is 4. The van der Waals surface area contributed by atoms with E-state index in [1.165, 1.54) is 12.8 Å². The molecule has 4 atom stereocenters. The summed E-state index contributed by atoms with van der Waals surface area (Å²) in [6, 6.07) is 9.50. The van der Waals surface area contributed by atoms with Crippen LogP contribution in [0.15, 0.2) is 30.5 Å². The molecule has 4 unspecified atom stereocenters. The molecular formula is C17H22N4. The summed E-state index contributed by atoms with van der Waals surface area (Å²) in [6.07, 6.45) is 5.59. The van der Waals surface area contributed by atoms with Crippen molar-refractivity contribution in [3.05, 3.63) is 47.3 Å². The first-order valence-corrected chi connectivity index (χ1v) is 7.88. The quantitative estimate of drug-likeness (QED) is 0.931. The Bertz CT molecular complexity index is 648. The second kappa shape index (κ2) is 4.95. The molecule has 0 aliphatic heterocycles. The lowest BCUT2D eigenvalue weighted by Gasteiger charge is -2.15. The van der Waals surface area contributed by atoms with E-state index in [4.69, 9.17) is 0 Å². The maximum Gasteiger partial charge on any atom is 0.0842 e. The van der Waals surface area contributed by atoms with Gasteiger partial charge in [0.15, 0.2) is 0 Å². The molecule has 0 spiro atoms. The van der Waals surface area contributed by atoms with Crippen molar-refractivity contribution in [3.8, 4) is 0 Å². The zero-order valence-electron chi connectivity index (χ0n) is 12.7. The highest BCUT2D eigenvalue weighted by Gasteiger charge is 2.55. The fourth-order valence-electron chi connectivity index (χ4n) is 4.31. The van der Waals surface area contributed by atoms with Gasteiger partial charge >= 0.3 is 0 Å². The van der Waals surface area contributed by atoms with Crippen LogP contribution in [0.4, 0.5) is 0 Å². The maximum absolute atomic E-state index is 4.25. The molecule has 4 nitrogen and oxygen atoms in total. The van der Waals surface area contributed by atoms with E-state index in [0.29, 0.717) is 6.04 Å². The topological polar surface area (TPSA) is 42.7 Å². The minimum Gasteiger partial charge on any atom is -0.316 e. The third-order valence-corrected chi connectivity index (χ3v) is 5.31. The van der Waals surface area contributed by atoms with Crippen molar-refractivity contribution in [3.63, 3.8) is 0 Å². The highest BCUT2D eigenvalue weighted by molar-refractivity contribution is 5.40. The zero-order valence-corrected chi connectivity index (χ0v) is 12.7. The zero-order chi connectivity index (χ0) is 14.4. The van der Waals surface area contributed by atoms with Gasteiger partial charge in [0.25, 0.3) is 0 Å². The summed E-state index contributed by atoms with van der Waals surface area (Å²) in [4.78, 5) is 0. The van der Waals surface area contributed by atoms with Crippen LogP contribution >= 0.6 is 0 Å². The first-order chi connectivity index (χ1) is 10.3. The molecule has 1 aromatic heterocycles. The van der Waals surface area contributed by atoms with E-state index in [-0.39, 0.29) is 0 Å². The Morgan fingerprint density at radius 2 is 2.24 bits per heavy atom. The molecule has 1 aromatic carbocycles. The Labute approximate surface area is 125 Å². The molecule has 0 saturated heterocycles. The van der Waals surface area contributed by atoms with E-state index >= 15 is 0 Å². The van der Waals surface area contributed by atoms with E-state index < -0.39 is 0 Å². The van der Waals surface area contributed by atoms with Gasteiger partial charge in [0.1, 0.15) is 0 Å². The van der Waals surface area contributed by atoms with Crippen LogP contribution in [0.25, 0.3) is 0 Å². The van der Waals surface area contributed by atoms with Crippen molar-refractivity contribution >= 4 is 0 Å². The molecule has 2 aliphatic carbocycles. The molecule has 2 aliphatic rings. The van der Waals surface area contributed by atoms with Crippen LogP contribution in [-0.2, 0) is 19.9 Å². The summed E-state index contributed by atoms with van der Waals surface area (Å²) in [7, 11) is 4.01. The van der Waals surface area contributed by atoms with Gasteiger partial charge in [0, 0.05) is 25.7 Å². The molecule has 110 valence electrons. The Kier molecular flexibility index (Phi) is 3.07. The van der Waals surface area contributed by atoms with Gasteiger partial charge < -0.3 is 5.32 Å². The summed E-state index contributed by atoms with van der Waals surface area (Å²) in [5.74, 6) is 2.36. The summed E-state index contributed by atoms with van der Waals surface area (Å²) in [5.41, 5.74) is 4.25. The van der Waals surface area contributed by atoms with Crippen LogP contribution < -0.4 is 5.32 Å². The molecule has 4 heteroatoms. The van der Waals surface area contributed by atoms with Gasteiger partial charge in [-0.2, -0.15) is 0 Å². The predicted molar refractivity (Wildman–Crippen MR) is 82.0 cm³/mol. The maximum atomic E-state index is 4.25. The van der Waals surface area contributed by atoms with E-state index in [1.807, 2.05) is 13.2 Å². The molecule has 0 amide bonds. The van der Waals surface area contributed by atoms with Crippen molar-refractivity contribution in [1.82, 2.24) is 20.3 Å². The lowest BCUT2D eigenvalue weighted by atomic mass is 9.92. The molecule has 0 radical (unpaired) electrons. The minimum absolute atomic E-state index is 0.503. The van der Waals surface area contributed by atoms with Gasteiger partial charge in [-0.3, -0.25) is 4.68 Å². The number of nitrogens with zero attached hydrogens (tertiary/aromatic N) is 3. The molecule has 21 heavy (non-hydrogen) atoms. The first-order valence-electron chi connectivity index (χ1n) is 7.88. The van der Waals surface area contributed by atoms with Crippen molar-refractivity contribution in [2.24, 2.45) is 18.9 Å². The van der Waals surface area contributed by atoms with Crippen LogP contribution in [0.2, 0.25) is 0 Å². The Balaban J connectivity index is 1.54. The number of nitrogens with one attached hydrogen (secondary N) is 1. The van der Waals surface area contributed by atoms with Gasteiger partial charge in [-0.25, -0.2) is 0 Å². The highest BCUT2D eigenvalue weighted by Crippen LogP contribution is 2.61. The molecule has 0 bridgehead atoms. The first kappa shape index (κ1) is 13.0. The Hall–Kier alpha value is -1.68. The smallest absolute Gasteiger partial charge is 0.0842 e. The number of fused-ring (bicyclic) bond motifs is 3. The molecular weight excluding hydrogens is 260 g/mol. The van der Waals surface area contributed by atoms with Gasteiger partial charge in [-0.1, -0.05) is 29.5 Å². The Morgan fingerprint density at radius 3 is 3.00 bits per heavy atom. The van der Waals surface area contributed by atoms with Crippen LogP contribution in [-0.4, -0.2) is 28.1 Å². The van der Waals surface area contributed by atoms with Crippen LogP contribution in [0.1, 0.15) is 29.2 Å². The standard InChI is InChI=1S/C17H22N4/c1-18-15(9-12-10-21(2)20-19-12)17-14-8-7-11-5-3-4-6-13(11)16(14)17/h3-6,10,14-18H,7-9H2,1-2H3. The number of hydrogen-bond acceptors (Lipinski definition) is 3. The molecule has 1 N–H and O–H groups in total. The SMILES string of the molecule is CNC(Cc1cn(C)nn1)C1C2CCc3ccccc3C21. The fraction of sp³-hybridized carbons (Fsp3) is 0.529. The van der Waals surface area contributed by atoms with Gasteiger partial charge in [0.05, 0.1) is 5.69 Å². The largest absolute Gasteiger partial charge is 0.316 e. The minimum atomic E-state index is 0.503. The average Bonchev–Trinajstić information content (AvgIpc) is 3.11. The number of hydrogen-bond donors (Lipinski definition) is 1. The molecule has 1 heterocycles. The van der Waals surface area contributed by atoms with Crippen molar-refractivity contribution in [2.75, 3.05) is 7.05 Å². The van der Waals surface area contributed by atoms with E-state index in [0.717, 1.165) is 29.9 Å². The average molecular weight is 282 g/mol. The third kappa shape index (κ3) is 2.18. The summed E-state index contributed by atoms with van der Waals surface area (Å²) < 4.78 is 1.79. The monoisotopic (exact) mass is 282 g/mol. The summed E-state index contributed by atoms with van der Waals surface area (Å²) >= 11 is 0. The van der Waals surface area contributed by atoms with Crippen molar-refractivity contribution in [1.29, 1.82) is 0 Å². The van der Waals surface area contributed by atoms with Gasteiger partial charge in [-0.15, -0.1) is 5.10 Å². The number of aromatic nitrogens is 3. The number of likely N-dealkylation sites (N-methyl/N-ethyl adjacent to an activating group) is 1. The van der Waals surface area contributed by atoms with Crippen LogP contribution in [0.5, 0.6) is 0 Å². The van der Waals surface area contributed by atoms with Gasteiger partial charge in [0.2, 0.25) is 0 Å². The van der Waals surface area contributed by atoms with Crippen molar-refractivity contribution in [2.45, 2.75) is 31.2 Å².